The van der Waals surface area contributed by atoms with Gasteiger partial charge in [0.1, 0.15) is 12.4 Å². The molecule has 1 heterocycles. The maximum atomic E-state index is 9.96. The Kier molecular flexibility index (Phi) is 36.2. The van der Waals surface area contributed by atoms with E-state index in [0.29, 0.717) is 12.0 Å². The molecule has 0 aliphatic rings. The van der Waals surface area contributed by atoms with Crippen molar-refractivity contribution < 1.29 is 19.1 Å². The van der Waals surface area contributed by atoms with Crippen LogP contribution in [0.25, 0.3) is 0 Å². The number of carbonyl (C=O) groups is 1. The summed E-state index contributed by atoms with van der Waals surface area (Å²) in [6, 6.07) is 3.07. The first-order chi connectivity index (χ1) is 22.8. The minimum atomic E-state index is -0.159. The van der Waals surface area contributed by atoms with Crippen LogP contribution < -0.4 is 0 Å². The van der Waals surface area contributed by atoms with Crippen LogP contribution >= 0.6 is 0 Å². The van der Waals surface area contributed by atoms with Gasteiger partial charge in [0.2, 0.25) is 0 Å². The average molecular weight is 637 g/mol. The molecule has 0 aromatic carbocycles. The number of aliphatic hydroxyl groups excluding tert-OH is 1. The van der Waals surface area contributed by atoms with Gasteiger partial charge in [0, 0.05) is 13.2 Å². The highest BCUT2D eigenvalue weighted by molar-refractivity contribution is 5.70. The summed E-state index contributed by atoms with van der Waals surface area (Å²) in [5.41, 5.74) is 0. The number of allylic oxidation sites excluding steroid dienone is 12. The van der Waals surface area contributed by atoms with Crippen LogP contribution in [-0.4, -0.2) is 24.6 Å². The summed E-state index contributed by atoms with van der Waals surface area (Å²) < 4.78 is 10.6. The molecule has 0 saturated carbocycles. The van der Waals surface area contributed by atoms with E-state index < -0.39 is 0 Å². The number of hydrogen-bond acceptors (Lipinski definition) is 4. The molecule has 0 aliphatic carbocycles. The van der Waals surface area contributed by atoms with Gasteiger partial charge in [-0.05, 0) is 89.2 Å². The molecule has 1 rings (SSSR count). The molecule has 4 heteroatoms. The number of unbranched alkanes of at least 4 members (excludes halogenated alkanes) is 12. The molecule has 4 nitrogen and oxygen atoms in total. The van der Waals surface area contributed by atoms with E-state index in [1.807, 2.05) is 0 Å². The van der Waals surface area contributed by atoms with Crippen LogP contribution in [0.4, 0.5) is 0 Å². The van der Waals surface area contributed by atoms with Crippen LogP contribution in [0.15, 0.2) is 89.5 Å². The number of aliphatic hydroxyl groups is 1. The Balaban J connectivity index is 0.00000191. The highest BCUT2D eigenvalue weighted by atomic mass is 16.5. The summed E-state index contributed by atoms with van der Waals surface area (Å²) in [5, 5.41) is 8.44. The van der Waals surface area contributed by atoms with Gasteiger partial charge < -0.3 is 14.3 Å². The quantitative estimate of drug-likeness (QED) is 0.0518. The van der Waals surface area contributed by atoms with Crippen molar-refractivity contribution in [1.29, 1.82) is 0 Å². The fraction of sp³-hybridized carbons (Fsp3) is 0.595. The van der Waals surface area contributed by atoms with Crippen LogP contribution in [0.2, 0.25) is 0 Å². The molecule has 260 valence electrons. The summed E-state index contributed by atoms with van der Waals surface area (Å²) in [7, 11) is 0. The van der Waals surface area contributed by atoms with E-state index in [1.165, 1.54) is 96.0 Å². The lowest BCUT2D eigenvalue weighted by Crippen LogP contribution is -1.97. The van der Waals surface area contributed by atoms with Crippen molar-refractivity contribution in [2.45, 2.75) is 149 Å². The van der Waals surface area contributed by atoms with Crippen molar-refractivity contribution >= 4 is 6.29 Å². The van der Waals surface area contributed by atoms with E-state index in [2.05, 4.69) is 86.8 Å². The molecule has 0 unspecified atom stereocenters. The average Bonchev–Trinajstić information content (AvgIpc) is 3.56. The number of hydrogen-bond donors (Lipinski definition) is 1. The van der Waals surface area contributed by atoms with Gasteiger partial charge in [-0.25, -0.2) is 0 Å². The molecule has 0 atom stereocenters. The third kappa shape index (κ3) is 34.2. The molecule has 0 radical (unpaired) electrons. The summed E-state index contributed by atoms with van der Waals surface area (Å²) in [6.07, 6.45) is 53.0. The molecular weight excluding hydrogens is 568 g/mol. The van der Waals surface area contributed by atoms with Gasteiger partial charge in [0.25, 0.3) is 0 Å². The molecule has 1 aromatic heterocycles. The molecule has 0 fully saturated rings. The Morgan fingerprint density at radius 3 is 1.30 bits per heavy atom. The lowest BCUT2D eigenvalue weighted by molar-refractivity contribution is 0.109. The molecule has 0 saturated heterocycles. The van der Waals surface area contributed by atoms with E-state index in [-0.39, 0.29) is 12.4 Å². The van der Waals surface area contributed by atoms with Gasteiger partial charge in [-0.3, -0.25) is 4.79 Å². The first-order valence-electron chi connectivity index (χ1n) is 18.4. The topological polar surface area (TPSA) is 59.7 Å². The van der Waals surface area contributed by atoms with Gasteiger partial charge in [-0.1, -0.05) is 138 Å². The molecular formula is C42H68O4. The molecule has 1 aromatic rings. The fourth-order valence-corrected chi connectivity index (χ4v) is 4.64. The number of rotatable bonds is 30. The first kappa shape index (κ1) is 43.3. The van der Waals surface area contributed by atoms with Crippen molar-refractivity contribution in [3.63, 3.8) is 0 Å². The second-order valence-electron chi connectivity index (χ2n) is 11.6. The van der Waals surface area contributed by atoms with E-state index >= 15 is 0 Å². The summed E-state index contributed by atoms with van der Waals surface area (Å²) in [5.74, 6) is 0.663. The van der Waals surface area contributed by atoms with Gasteiger partial charge in [-0.15, -0.1) is 0 Å². The highest BCUT2D eigenvalue weighted by Crippen LogP contribution is 2.10. The van der Waals surface area contributed by atoms with Crippen molar-refractivity contribution in [3.05, 3.63) is 96.6 Å². The SMILES string of the molecule is CC/C=C\C/C=C\C/C=C\CCCCCCCCOCCCCCCCC/C=C\C/C=C\C/C=C\CC.O=Cc1ccc(CO)o1. The van der Waals surface area contributed by atoms with Crippen LogP contribution in [0.1, 0.15) is 159 Å². The highest BCUT2D eigenvalue weighted by Gasteiger charge is 1.97. The van der Waals surface area contributed by atoms with Crippen LogP contribution in [-0.2, 0) is 11.3 Å². The number of carbonyl (C=O) groups excluding carboxylic acids is 1. The monoisotopic (exact) mass is 637 g/mol. The molecule has 0 spiro atoms. The predicted molar refractivity (Wildman–Crippen MR) is 199 cm³/mol. The summed E-state index contributed by atoms with van der Waals surface area (Å²) in [4.78, 5) is 9.96. The molecule has 0 amide bonds. The zero-order valence-electron chi connectivity index (χ0n) is 29.6. The Morgan fingerprint density at radius 1 is 0.543 bits per heavy atom. The second-order valence-corrected chi connectivity index (χ2v) is 11.6. The Hall–Kier alpha value is -2.69. The van der Waals surface area contributed by atoms with E-state index in [1.54, 1.807) is 6.07 Å². The van der Waals surface area contributed by atoms with Crippen LogP contribution in [0.5, 0.6) is 0 Å². The Labute approximate surface area is 283 Å². The first-order valence-corrected chi connectivity index (χ1v) is 18.4. The molecule has 0 aliphatic heterocycles. The molecule has 46 heavy (non-hydrogen) atoms. The van der Waals surface area contributed by atoms with E-state index in [9.17, 15) is 4.79 Å². The van der Waals surface area contributed by atoms with E-state index in [4.69, 9.17) is 14.3 Å². The van der Waals surface area contributed by atoms with Crippen molar-refractivity contribution in [1.82, 2.24) is 0 Å². The minimum Gasteiger partial charge on any atom is -0.456 e. The largest absolute Gasteiger partial charge is 0.456 e. The predicted octanol–water partition coefficient (Wildman–Crippen LogP) is 12.8. The van der Waals surface area contributed by atoms with Crippen LogP contribution in [0.3, 0.4) is 0 Å². The zero-order valence-corrected chi connectivity index (χ0v) is 29.6. The van der Waals surface area contributed by atoms with Crippen LogP contribution in [0, 0.1) is 0 Å². The smallest absolute Gasteiger partial charge is 0.185 e. The standard InChI is InChI=1S/C36H62O.C6H6O3/c1-3-5-7-9-11-13-15-17-19-21-23-25-27-29-31-33-35-37-36-34-32-30-28-26-24-22-20-18-16-14-12-10-8-6-4-2;7-3-5-1-2-6(4-8)9-5/h5-8,11-14,17-20H,3-4,9-10,15-16,21-36H2,1-2H3;1-3,8H,4H2/b7-5-,8-6-,13-11-,14-12-,19-17-,20-18-;. The number of furan rings is 1. The fourth-order valence-electron chi connectivity index (χ4n) is 4.64. The maximum absolute atomic E-state index is 9.96. The molecule has 1 N–H and O–H groups in total. The Morgan fingerprint density at radius 2 is 0.935 bits per heavy atom. The Bertz CT molecular complexity index is 879. The summed E-state index contributed by atoms with van der Waals surface area (Å²) >= 11 is 0. The lowest BCUT2D eigenvalue weighted by Gasteiger charge is -2.05. The number of ether oxygens (including phenoxy) is 1. The van der Waals surface area contributed by atoms with Gasteiger partial charge in [-0.2, -0.15) is 0 Å². The van der Waals surface area contributed by atoms with Crippen molar-refractivity contribution in [2.24, 2.45) is 0 Å². The maximum Gasteiger partial charge on any atom is 0.185 e. The van der Waals surface area contributed by atoms with Gasteiger partial charge >= 0.3 is 0 Å². The summed E-state index contributed by atoms with van der Waals surface area (Å²) in [6.45, 7) is 6.12. The van der Waals surface area contributed by atoms with Gasteiger partial charge in [0.05, 0.1) is 0 Å². The third-order valence-corrected chi connectivity index (χ3v) is 7.33. The van der Waals surface area contributed by atoms with Gasteiger partial charge in [0.15, 0.2) is 12.0 Å². The number of aldehydes is 1. The normalized spacial score (nSPS) is 12.2. The van der Waals surface area contributed by atoms with Crippen molar-refractivity contribution in [3.8, 4) is 0 Å². The third-order valence-electron chi connectivity index (χ3n) is 7.33. The van der Waals surface area contributed by atoms with Crippen molar-refractivity contribution in [2.75, 3.05) is 13.2 Å². The zero-order chi connectivity index (χ0) is 33.4. The molecule has 0 bridgehead atoms. The second kappa shape index (κ2) is 38.5. The lowest BCUT2D eigenvalue weighted by atomic mass is 10.1. The minimum absolute atomic E-state index is 0.159. The van der Waals surface area contributed by atoms with E-state index in [0.717, 1.165) is 51.7 Å².